The molecule has 0 radical (unpaired) electrons. The van der Waals surface area contributed by atoms with Gasteiger partial charge in [0.2, 0.25) is 0 Å². The molecule has 0 bridgehead atoms. The van der Waals surface area contributed by atoms with Crippen LogP contribution < -0.4 is 0 Å². The number of rotatable bonds is 3. The van der Waals surface area contributed by atoms with Gasteiger partial charge in [0, 0.05) is 17.7 Å². The van der Waals surface area contributed by atoms with Crippen LogP contribution in [0.25, 0.3) is 11.5 Å². The molecule has 0 saturated heterocycles. The third-order valence-corrected chi connectivity index (χ3v) is 2.35. The fourth-order valence-corrected chi connectivity index (χ4v) is 1.53. The summed E-state index contributed by atoms with van der Waals surface area (Å²) in [6.07, 6.45) is 0. The van der Waals surface area contributed by atoms with E-state index in [0.717, 1.165) is 5.56 Å². The van der Waals surface area contributed by atoms with Crippen molar-refractivity contribution in [2.45, 2.75) is 12.8 Å². The number of nitro benzene ring substituents is 1. The minimum atomic E-state index is -0.463. The minimum Gasteiger partial charge on any atom is -0.334 e. The maximum absolute atomic E-state index is 10.7. The van der Waals surface area contributed by atoms with Crippen LogP contribution in [-0.2, 0) is 5.88 Å². The van der Waals surface area contributed by atoms with E-state index < -0.39 is 4.92 Å². The van der Waals surface area contributed by atoms with Crippen LogP contribution in [0.5, 0.6) is 0 Å². The highest BCUT2D eigenvalue weighted by Crippen LogP contribution is 2.24. The Morgan fingerprint density at radius 1 is 1.47 bits per heavy atom. The number of alkyl halides is 1. The Hall–Kier alpha value is -1.95. The fraction of sp³-hybridized carbons (Fsp3) is 0.200. The van der Waals surface area contributed by atoms with Gasteiger partial charge in [-0.15, -0.1) is 11.6 Å². The third kappa shape index (κ3) is 2.42. The van der Waals surface area contributed by atoms with Crippen LogP contribution in [0.4, 0.5) is 5.69 Å². The highest BCUT2D eigenvalue weighted by atomic mass is 35.5. The van der Waals surface area contributed by atoms with E-state index in [9.17, 15) is 10.1 Å². The first-order valence-corrected chi connectivity index (χ1v) is 5.28. The van der Waals surface area contributed by atoms with Crippen molar-refractivity contribution in [3.63, 3.8) is 0 Å². The molecule has 0 fully saturated rings. The largest absolute Gasteiger partial charge is 0.334 e. The molecule has 0 aliphatic rings. The van der Waals surface area contributed by atoms with E-state index in [-0.39, 0.29) is 17.5 Å². The molecule has 1 aromatic carbocycles. The average molecular weight is 254 g/mol. The van der Waals surface area contributed by atoms with Gasteiger partial charge < -0.3 is 4.52 Å². The summed E-state index contributed by atoms with van der Waals surface area (Å²) in [6.45, 7) is 1.76. The molecule has 0 atom stereocenters. The molecule has 0 saturated carbocycles. The Balaban J connectivity index is 2.47. The Morgan fingerprint density at radius 3 is 2.82 bits per heavy atom. The molecule has 17 heavy (non-hydrogen) atoms. The summed E-state index contributed by atoms with van der Waals surface area (Å²) in [6, 6.07) is 4.60. The number of hydrogen-bond donors (Lipinski definition) is 0. The van der Waals surface area contributed by atoms with Crippen LogP contribution in [0, 0.1) is 17.0 Å². The smallest absolute Gasteiger partial charge is 0.270 e. The van der Waals surface area contributed by atoms with Crippen LogP contribution in [0.2, 0.25) is 0 Å². The summed E-state index contributed by atoms with van der Waals surface area (Å²) in [5.41, 5.74) is 1.26. The van der Waals surface area contributed by atoms with Crippen LogP contribution >= 0.6 is 11.6 Å². The molecule has 1 aromatic heterocycles. The predicted octanol–water partition coefficient (Wildman–Crippen LogP) is 2.69. The lowest BCUT2D eigenvalue weighted by molar-refractivity contribution is -0.384. The van der Waals surface area contributed by atoms with E-state index in [4.69, 9.17) is 16.1 Å². The maximum atomic E-state index is 10.7. The van der Waals surface area contributed by atoms with Gasteiger partial charge in [-0.25, -0.2) is 0 Å². The molecular formula is C10H8ClN3O3. The van der Waals surface area contributed by atoms with Crippen molar-refractivity contribution in [3.05, 3.63) is 39.7 Å². The highest BCUT2D eigenvalue weighted by molar-refractivity contribution is 6.16. The lowest BCUT2D eigenvalue weighted by atomic mass is 10.1. The summed E-state index contributed by atoms with van der Waals surface area (Å²) in [5.74, 6) is 0.718. The molecule has 2 rings (SSSR count). The van der Waals surface area contributed by atoms with Gasteiger partial charge >= 0.3 is 0 Å². The van der Waals surface area contributed by atoms with Crippen LogP contribution in [0.1, 0.15) is 11.4 Å². The molecule has 0 aliphatic heterocycles. The van der Waals surface area contributed by atoms with Crippen molar-refractivity contribution in [2.75, 3.05) is 0 Å². The first-order chi connectivity index (χ1) is 8.10. The van der Waals surface area contributed by atoms with E-state index in [1.165, 1.54) is 12.1 Å². The molecule has 7 heteroatoms. The van der Waals surface area contributed by atoms with Crippen molar-refractivity contribution < 1.29 is 9.45 Å². The van der Waals surface area contributed by atoms with Gasteiger partial charge in [-0.1, -0.05) is 5.16 Å². The van der Waals surface area contributed by atoms with Gasteiger partial charge in [0.1, 0.15) is 0 Å². The molecule has 1 heterocycles. The monoisotopic (exact) mass is 253 g/mol. The number of hydrogen-bond acceptors (Lipinski definition) is 5. The topological polar surface area (TPSA) is 82.1 Å². The Labute approximate surface area is 101 Å². The van der Waals surface area contributed by atoms with Crippen molar-refractivity contribution in [2.24, 2.45) is 0 Å². The molecular weight excluding hydrogens is 246 g/mol. The van der Waals surface area contributed by atoms with E-state index in [2.05, 4.69) is 10.1 Å². The quantitative estimate of drug-likeness (QED) is 0.477. The number of non-ortho nitro benzene ring substituents is 1. The van der Waals surface area contributed by atoms with Crippen LogP contribution in [-0.4, -0.2) is 15.1 Å². The minimum absolute atomic E-state index is 0.00868. The van der Waals surface area contributed by atoms with Crippen molar-refractivity contribution >= 4 is 17.3 Å². The van der Waals surface area contributed by atoms with E-state index in [1.54, 1.807) is 13.0 Å². The van der Waals surface area contributed by atoms with Crippen molar-refractivity contribution in [1.82, 2.24) is 10.1 Å². The van der Waals surface area contributed by atoms with Gasteiger partial charge in [0.25, 0.3) is 11.6 Å². The summed E-state index contributed by atoms with van der Waals surface area (Å²) in [5, 5.41) is 14.3. The summed E-state index contributed by atoms with van der Waals surface area (Å²) >= 11 is 5.55. The molecule has 2 aromatic rings. The van der Waals surface area contributed by atoms with Crippen molar-refractivity contribution in [3.8, 4) is 11.5 Å². The number of benzene rings is 1. The Kier molecular flexibility index (Phi) is 3.06. The number of halogens is 1. The molecule has 6 nitrogen and oxygen atoms in total. The lowest BCUT2D eigenvalue weighted by Crippen LogP contribution is -1.90. The van der Waals surface area contributed by atoms with E-state index >= 15 is 0 Å². The molecule has 0 amide bonds. The second-order valence-electron chi connectivity index (χ2n) is 3.46. The van der Waals surface area contributed by atoms with Gasteiger partial charge in [0.05, 0.1) is 10.8 Å². The summed E-state index contributed by atoms with van der Waals surface area (Å²) in [7, 11) is 0. The van der Waals surface area contributed by atoms with Gasteiger partial charge in [-0.05, 0) is 18.6 Å². The summed E-state index contributed by atoms with van der Waals surface area (Å²) < 4.78 is 4.96. The predicted molar refractivity (Wildman–Crippen MR) is 60.7 cm³/mol. The highest BCUT2D eigenvalue weighted by Gasteiger charge is 2.13. The molecule has 0 N–H and O–H groups in total. The second kappa shape index (κ2) is 4.50. The first-order valence-electron chi connectivity index (χ1n) is 4.75. The zero-order valence-electron chi connectivity index (χ0n) is 8.88. The van der Waals surface area contributed by atoms with E-state index in [1.807, 2.05) is 0 Å². The van der Waals surface area contributed by atoms with E-state index in [0.29, 0.717) is 11.4 Å². The molecule has 88 valence electrons. The second-order valence-corrected chi connectivity index (χ2v) is 3.73. The Morgan fingerprint density at radius 2 is 2.24 bits per heavy atom. The number of nitro groups is 1. The first kappa shape index (κ1) is 11.5. The van der Waals surface area contributed by atoms with Gasteiger partial charge in [-0.2, -0.15) is 4.98 Å². The standard InChI is InChI=1S/C10H8ClN3O3/c1-6-2-7(4-8(3-6)14(15)16)10-12-9(5-11)13-17-10/h2-4H,5H2,1H3. The maximum Gasteiger partial charge on any atom is 0.270 e. The average Bonchev–Trinajstić information content (AvgIpc) is 2.76. The molecule has 0 aliphatic carbocycles. The normalized spacial score (nSPS) is 10.5. The Bertz CT molecular complexity index is 568. The SMILES string of the molecule is Cc1cc(-c2nc(CCl)no2)cc([N+](=O)[O-])c1. The number of aromatic nitrogens is 2. The lowest BCUT2D eigenvalue weighted by Gasteiger charge is -1.97. The molecule has 0 spiro atoms. The number of nitrogens with zero attached hydrogens (tertiary/aromatic N) is 3. The zero-order chi connectivity index (χ0) is 12.4. The summed E-state index contributed by atoms with van der Waals surface area (Å²) in [4.78, 5) is 14.3. The van der Waals surface area contributed by atoms with Crippen LogP contribution in [0.3, 0.4) is 0 Å². The third-order valence-electron chi connectivity index (χ3n) is 2.11. The molecule has 0 unspecified atom stereocenters. The van der Waals surface area contributed by atoms with Crippen molar-refractivity contribution in [1.29, 1.82) is 0 Å². The zero-order valence-corrected chi connectivity index (χ0v) is 9.64. The van der Waals surface area contributed by atoms with Gasteiger partial charge in [0.15, 0.2) is 5.82 Å². The van der Waals surface area contributed by atoms with Crippen LogP contribution in [0.15, 0.2) is 22.7 Å². The fourth-order valence-electron chi connectivity index (χ4n) is 1.42. The number of aryl methyl sites for hydroxylation is 1. The van der Waals surface area contributed by atoms with Gasteiger partial charge in [-0.3, -0.25) is 10.1 Å².